The van der Waals surface area contributed by atoms with E-state index in [0.717, 1.165) is 23.1 Å². The Morgan fingerprint density at radius 3 is 2.37 bits per heavy atom. The van der Waals surface area contributed by atoms with Gasteiger partial charge in [-0.2, -0.15) is 13.2 Å². The number of allylic oxidation sites excluding steroid dienone is 4. The summed E-state index contributed by atoms with van der Waals surface area (Å²) in [5, 5.41) is 6.01. The van der Waals surface area contributed by atoms with E-state index in [1.54, 1.807) is 13.0 Å². The number of hydrogen-bond acceptors (Lipinski definition) is 6. The number of nitrogens with zero attached hydrogens (tertiary/aromatic N) is 2. The Morgan fingerprint density at radius 2 is 1.82 bits per heavy atom. The minimum absolute atomic E-state index is 0.00857. The number of carbonyl (C=O) groups is 2. The molecule has 2 atom stereocenters. The van der Waals surface area contributed by atoms with Crippen LogP contribution in [0.25, 0.3) is 5.57 Å². The van der Waals surface area contributed by atoms with Crippen LogP contribution in [0.1, 0.15) is 67.8 Å². The predicted octanol–water partition coefficient (Wildman–Crippen LogP) is 5.88. The minimum atomic E-state index is -4.23. The highest BCUT2D eigenvalue weighted by molar-refractivity contribution is 5.90. The summed E-state index contributed by atoms with van der Waals surface area (Å²) in [7, 11) is 0. The van der Waals surface area contributed by atoms with Crippen LogP contribution >= 0.6 is 0 Å². The van der Waals surface area contributed by atoms with Gasteiger partial charge >= 0.3 is 12.1 Å². The zero-order valence-corrected chi connectivity index (χ0v) is 21.7. The SMILES string of the molecule is CCOC(=O)CCNC(=O)c1ncc(N[C@@H](CC(C)C)c2ccc(C3=CCC(C(F)(F)F)C=C3)cc2)cn1. The van der Waals surface area contributed by atoms with Crippen LogP contribution in [0.5, 0.6) is 0 Å². The van der Waals surface area contributed by atoms with E-state index in [-0.39, 0.29) is 43.8 Å². The molecule has 1 aliphatic carbocycles. The maximum Gasteiger partial charge on any atom is 0.395 e. The van der Waals surface area contributed by atoms with Gasteiger partial charge in [-0.1, -0.05) is 56.3 Å². The summed E-state index contributed by atoms with van der Waals surface area (Å²) >= 11 is 0. The Balaban J connectivity index is 1.63. The zero-order valence-electron chi connectivity index (χ0n) is 21.7. The van der Waals surface area contributed by atoms with Gasteiger partial charge in [0.05, 0.1) is 43.1 Å². The third-order valence-corrected chi connectivity index (χ3v) is 5.99. The fourth-order valence-electron chi connectivity index (χ4n) is 4.05. The third kappa shape index (κ3) is 8.43. The van der Waals surface area contributed by atoms with Gasteiger partial charge in [0.1, 0.15) is 0 Å². The second-order valence-electron chi connectivity index (χ2n) is 9.46. The molecule has 10 heteroatoms. The molecule has 1 aromatic carbocycles. The number of benzene rings is 1. The van der Waals surface area contributed by atoms with Crippen molar-refractivity contribution < 1.29 is 27.5 Å². The molecule has 7 nitrogen and oxygen atoms in total. The fraction of sp³-hybridized carbons (Fsp3) is 0.429. The number of rotatable bonds is 11. The van der Waals surface area contributed by atoms with Crippen LogP contribution in [-0.2, 0) is 9.53 Å². The quantitative estimate of drug-likeness (QED) is 0.353. The van der Waals surface area contributed by atoms with Crippen molar-refractivity contribution in [2.24, 2.45) is 11.8 Å². The molecule has 38 heavy (non-hydrogen) atoms. The lowest BCUT2D eigenvalue weighted by atomic mass is 9.91. The summed E-state index contributed by atoms with van der Waals surface area (Å²) in [6, 6.07) is 7.68. The molecule has 0 fully saturated rings. The van der Waals surface area contributed by atoms with E-state index < -0.39 is 18.0 Å². The maximum absolute atomic E-state index is 12.9. The van der Waals surface area contributed by atoms with E-state index in [2.05, 4.69) is 34.4 Å². The summed E-state index contributed by atoms with van der Waals surface area (Å²) in [6.07, 6.45) is 4.03. The topological polar surface area (TPSA) is 93.2 Å². The first kappa shape index (κ1) is 28.9. The van der Waals surface area contributed by atoms with Crippen molar-refractivity contribution in [2.45, 2.75) is 52.3 Å². The number of anilines is 1. The molecule has 2 N–H and O–H groups in total. The molecule has 0 aliphatic heterocycles. The summed E-state index contributed by atoms with van der Waals surface area (Å²) in [6.45, 7) is 6.35. The van der Waals surface area contributed by atoms with Crippen LogP contribution in [0.3, 0.4) is 0 Å². The van der Waals surface area contributed by atoms with Gasteiger partial charge in [-0.3, -0.25) is 9.59 Å². The Hall–Kier alpha value is -3.69. The minimum Gasteiger partial charge on any atom is -0.466 e. The van der Waals surface area contributed by atoms with Crippen molar-refractivity contribution in [1.29, 1.82) is 0 Å². The number of esters is 1. The number of amides is 1. The molecule has 1 unspecified atom stereocenters. The van der Waals surface area contributed by atoms with E-state index in [9.17, 15) is 22.8 Å². The number of hydrogen-bond donors (Lipinski definition) is 2. The van der Waals surface area contributed by atoms with Gasteiger partial charge in [0.25, 0.3) is 5.91 Å². The van der Waals surface area contributed by atoms with Gasteiger partial charge in [0, 0.05) is 6.54 Å². The van der Waals surface area contributed by atoms with Crippen LogP contribution in [0.15, 0.2) is 54.9 Å². The van der Waals surface area contributed by atoms with E-state index in [1.807, 2.05) is 24.3 Å². The van der Waals surface area contributed by atoms with Crippen LogP contribution in [0.4, 0.5) is 18.9 Å². The maximum atomic E-state index is 12.9. The molecule has 204 valence electrons. The fourth-order valence-corrected chi connectivity index (χ4v) is 4.05. The highest BCUT2D eigenvalue weighted by atomic mass is 19.4. The molecule has 1 aliphatic rings. The Morgan fingerprint density at radius 1 is 1.13 bits per heavy atom. The zero-order chi connectivity index (χ0) is 27.7. The number of nitrogens with one attached hydrogen (secondary N) is 2. The molecule has 3 rings (SSSR count). The van der Waals surface area contributed by atoms with Crippen LogP contribution < -0.4 is 10.6 Å². The van der Waals surface area contributed by atoms with Crippen molar-refractivity contribution in [3.8, 4) is 0 Å². The van der Waals surface area contributed by atoms with Gasteiger partial charge in [0.2, 0.25) is 5.82 Å². The largest absolute Gasteiger partial charge is 0.466 e. The number of ether oxygens (including phenoxy) is 1. The van der Waals surface area contributed by atoms with Crippen molar-refractivity contribution in [3.05, 3.63) is 71.8 Å². The summed E-state index contributed by atoms with van der Waals surface area (Å²) in [5.41, 5.74) is 3.28. The lowest BCUT2D eigenvalue weighted by molar-refractivity contribution is -0.160. The second kappa shape index (κ2) is 13.2. The standard InChI is InChI=1S/C28H33F3N4O3/c1-4-38-25(36)13-14-32-27(37)26-33-16-23(17-34-26)35-24(15-18(2)3)21-7-5-19(6-8-21)20-9-11-22(12-10-20)28(29,30)31/h5-11,16-18,22,24,35H,4,12-15H2,1-3H3,(H,32,37)/t22?,24-/m0/s1. The first-order valence-electron chi connectivity index (χ1n) is 12.6. The van der Waals surface area contributed by atoms with E-state index in [4.69, 9.17) is 4.74 Å². The van der Waals surface area contributed by atoms with Gasteiger partial charge in [-0.05, 0) is 42.4 Å². The van der Waals surface area contributed by atoms with Gasteiger partial charge in [-0.15, -0.1) is 0 Å². The van der Waals surface area contributed by atoms with E-state index in [0.29, 0.717) is 11.6 Å². The van der Waals surface area contributed by atoms with Crippen molar-refractivity contribution in [3.63, 3.8) is 0 Å². The van der Waals surface area contributed by atoms with Crippen LogP contribution in [-0.4, -0.2) is 41.2 Å². The predicted molar refractivity (Wildman–Crippen MR) is 139 cm³/mol. The average Bonchev–Trinajstić information content (AvgIpc) is 2.88. The van der Waals surface area contributed by atoms with Crippen molar-refractivity contribution in [2.75, 3.05) is 18.5 Å². The number of halogens is 3. The highest BCUT2D eigenvalue weighted by Gasteiger charge is 2.37. The molecule has 0 saturated carbocycles. The normalized spacial score (nSPS) is 16.1. The molecule has 1 heterocycles. The van der Waals surface area contributed by atoms with Gasteiger partial charge in [0.15, 0.2) is 0 Å². The van der Waals surface area contributed by atoms with E-state index in [1.165, 1.54) is 24.5 Å². The molecule has 0 radical (unpaired) electrons. The van der Waals surface area contributed by atoms with Gasteiger partial charge in [-0.25, -0.2) is 9.97 Å². The summed E-state index contributed by atoms with van der Waals surface area (Å²) in [4.78, 5) is 31.9. The Labute approximate surface area is 220 Å². The van der Waals surface area contributed by atoms with Crippen LogP contribution in [0.2, 0.25) is 0 Å². The molecular formula is C28H33F3N4O3. The monoisotopic (exact) mass is 530 g/mol. The second-order valence-corrected chi connectivity index (χ2v) is 9.46. The Kier molecular flexibility index (Phi) is 10.0. The highest BCUT2D eigenvalue weighted by Crippen LogP contribution is 2.35. The van der Waals surface area contributed by atoms with Crippen molar-refractivity contribution >= 4 is 23.1 Å². The molecule has 1 amide bonds. The van der Waals surface area contributed by atoms with Crippen LogP contribution in [0, 0.1) is 11.8 Å². The number of aromatic nitrogens is 2. The molecule has 1 aromatic heterocycles. The van der Waals surface area contributed by atoms with E-state index >= 15 is 0 Å². The first-order chi connectivity index (χ1) is 18.1. The summed E-state index contributed by atoms with van der Waals surface area (Å²) < 4.78 is 43.6. The third-order valence-electron chi connectivity index (χ3n) is 5.99. The van der Waals surface area contributed by atoms with Crippen molar-refractivity contribution in [1.82, 2.24) is 15.3 Å². The number of carbonyl (C=O) groups excluding carboxylic acids is 2. The molecule has 2 aromatic rings. The van der Waals surface area contributed by atoms with Gasteiger partial charge < -0.3 is 15.4 Å². The first-order valence-corrected chi connectivity index (χ1v) is 12.6. The Bertz CT molecular complexity index is 1140. The molecular weight excluding hydrogens is 497 g/mol. The molecule has 0 saturated heterocycles. The summed E-state index contributed by atoms with van der Waals surface area (Å²) in [5.74, 6) is -1.94. The average molecular weight is 531 g/mol. The number of alkyl halides is 3. The lowest BCUT2D eigenvalue weighted by Gasteiger charge is -2.23. The lowest BCUT2D eigenvalue weighted by Crippen LogP contribution is -2.28. The molecule has 0 bridgehead atoms. The molecule has 0 spiro atoms. The smallest absolute Gasteiger partial charge is 0.395 e.